The van der Waals surface area contributed by atoms with E-state index in [0.29, 0.717) is 28.3 Å². The SMILES string of the molecule is COc1cc2c(cc1N)-c1ccc(N)cc1C2=O. The molecule has 2 aromatic rings. The summed E-state index contributed by atoms with van der Waals surface area (Å²) in [6.45, 7) is 0. The van der Waals surface area contributed by atoms with Gasteiger partial charge in [0.25, 0.3) is 0 Å². The van der Waals surface area contributed by atoms with Crippen LogP contribution in [0.5, 0.6) is 5.75 Å². The molecule has 0 fully saturated rings. The molecule has 0 saturated carbocycles. The third-order valence-corrected chi connectivity index (χ3v) is 3.19. The van der Waals surface area contributed by atoms with E-state index >= 15 is 0 Å². The first-order valence-corrected chi connectivity index (χ1v) is 5.54. The van der Waals surface area contributed by atoms with Crippen LogP contribution in [0.25, 0.3) is 11.1 Å². The number of ketones is 1. The van der Waals surface area contributed by atoms with Crippen molar-refractivity contribution in [1.29, 1.82) is 0 Å². The lowest BCUT2D eigenvalue weighted by Gasteiger charge is -2.07. The summed E-state index contributed by atoms with van der Waals surface area (Å²) in [6.07, 6.45) is 0. The maximum Gasteiger partial charge on any atom is 0.194 e. The number of carbonyl (C=O) groups excluding carboxylic acids is 1. The van der Waals surface area contributed by atoms with Gasteiger partial charge in [0.1, 0.15) is 5.75 Å². The summed E-state index contributed by atoms with van der Waals surface area (Å²) < 4.78 is 5.14. The molecule has 18 heavy (non-hydrogen) atoms. The van der Waals surface area contributed by atoms with Gasteiger partial charge in [-0.2, -0.15) is 0 Å². The van der Waals surface area contributed by atoms with Gasteiger partial charge >= 0.3 is 0 Å². The molecule has 0 spiro atoms. The molecule has 1 aliphatic carbocycles. The van der Waals surface area contributed by atoms with E-state index in [-0.39, 0.29) is 5.78 Å². The molecule has 4 N–H and O–H groups in total. The van der Waals surface area contributed by atoms with Crippen molar-refractivity contribution in [2.45, 2.75) is 0 Å². The van der Waals surface area contributed by atoms with Crippen LogP contribution < -0.4 is 16.2 Å². The second-order valence-electron chi connectivity index (χ2n) is 4.27. The molecule has 0 radical (unpaired) electrons. The molecule has 1 aliphatic rings. The van der Waals surface area contributed by atoms with E-state index in [9.17, 15) is 4.79 Å². The van der Waals surface area contributed by atoms with Gasteiger partial charge in [0.15, 0.2) is 5.78 Å². The highest BCUT2D eigenvalue weighted by Gasteiger charge is 2.28. The molecule has 0 saturated heterocycles. The predicted molar refractivity (Wildman–Crippen MR) is 70.7 cm³/mol. The highest BCUT2D eigenvalue weighted by Crippen LogP contribution is 2.41. The highest BCUT2D eigenvalue weighted by molar-refractivity contribution is 6.22. The summed E-state index contributed by atoms with van der Waals surface area (Å²) >= 11 is 0. The number of nitrogen functional groups attached to an aromatic ring is 2. The lowest BCUT2D eigenvalue weighted by molar-refractivity contribution is 0.104. The third-order valence-electron chi connectivity index (χ3n) is 3.19. The average Bonchev–Trinajstić information content (AvgIpc) is 2.61. The second kappa shape index (κ2) is 3.50. The van der Waals surface area contributed by atoms with Gasteiger partial charge in [-0.25, -0.2) is 0 Å². The van der Waals surface area contributed by atoms with Gasteiger partial charge in [-0.05, 0) is 35.4 Å². The summed E-state index contributed by atoms with van der Waals surface area (Å²) in [6, 6.07) is 8.78. The summed E-state index contributed by atoms with van der Waals surface area (Å²) in [7, 11) is 1.53. The number of hydrogen-bond acceptors (Lipinski definition) is 4. The number of carbonyl (C=O) groups is 1. The van der Waals surface area contributed by atoms with Crippen molar-refractivity contribution >= 4 is 17.2 Å². The van der Waals surface area contributed by atoms with Crippen LogP contribution in [-0.2, 0) is 0 Å². The maximum atomic E-state index is 12.3. The largest absolute Gasteiger partial charge is 0.495 e. The number of nitrogens with two attached hydrogens (primary N) is 2. The minimum absolute atomic E-state index is 0.0365. The van der Waals surface area contributed by atoms with Gasteiger partial charge < -0.3 is 16.2 Å². The molecule has 0 bridgehead atoms. The molecular formula is C14H12N2O2. The van der Waals surface area contributed by atoms with Crippen LogP contribution in [0.15, 0.2) is 30.3 Å². The Morgan fingerprint density at radius 2 is 1.67 bits per heavy atom. The number of methoxy groups -OCH3 is 1. The van der Waals surface area contributed by atoms with Crippen molar-refractivity contribution in [2.24, 2.45) is 0 Å². The Bertz CT molecular complexity index is 678. The Kier molecular flexibility index (Phi) is 2.07. The smallest absolute Gasteiger partial charge is 0.194 e. The predicted octanol–water partition coefficient (Wildman–Crippen LogP) is 2.07. The zero-order valence-corrected chi connectivity index (χ0v) is 9.86. The van der Waals surface area contributed by atoms with Gasteiger partial charge in [0, 0.05) is 16.8 Å². The summed E-state index contributed by atoms with van der Waals surface area (Å²) in [5.41, 5.74) is 15.6. The summed E-state index contributed by atoms with van der Waals surface area (Å²) in [5, 5.41) is 0. The van der Waals surface area contributed by atoms with Crippen molar-refractivity contribution in [3.8, 4) is 16.9 Å². The molecule has 2 aromatic carbocycles. The molecule has 0 aliphatic heterocycles. The Morgan fingerprint density at radius 1 is 0.944 bits per heavy atom. The van der Waals surface area contributed by atoms with Crippen LogP contribution in [0.1, 0.15) is 15.9 Å². The van der Waals surface area contributed by atoms with Crippen molar-refractivity contribution in [3.05, 3.63) is 41.5 Å². The number of benzene rings is 2. The van der Waals surface area contributed by atoms with Gasteiger partial charge in [-0.3, -0.25) is 4.79 Å². The number of fused-ring (bicyclic) bond motifs is 3. The Hall–Kier alpha value is -2.49. The van der Waals surface area contributed by atoms with Crippen molar-refractivity contribution in [3.63, 3.8) is 0 Å². The van der Waals surface area contributed by atoms with Gasteiger partial charge in [-0.1, -0.05) is 6.07 Å². The standard InChI is InChI=1S/C14H12N2O2/c1-18-13-6-11-9(5-12(13)16)8-3-2-7(15)4-10(8)14(11)17/h2-6H,15-16H2,1H3. The molecule has 0 unspecified atom stereocenters. The number of rotatable bonds is 1. The van der Waals surface area contributed by atoms with Crippen LogP contribution in [0.4, 0.5) is 11.4 Å². The zero-order valence-electron chi connectivity index (χ0n) is 9.86. The molecule has 0 atom stereocenters. The molecule has 0 aromatic heterocycles. The minimum atomic E-state index is -0.0365. The summed E-state index contributed by atoms with van der Waals surface area (Å²) in [5.74, 6) is 0.480. The van der Waals surface area contributed by atoms with Crippen molar-refractivity contribution < 1.29 is 9.53 Å². The third kappa shape index (κ3) is 1.29. The zero-order chi connectivity index (χ0) is 12.9. The fourth-order valence-corrected chi connectivity index (χ4v) is 2.31. The van der Waals surface area contributed by atoms with Crippen molar-refractivity contribution in [1.82, 2.24) is 0 Å². The fraction of sp³-hybridized carbons (Fsp3) is 0.0714. The van der Waals surface area contributed by atoms with E-state index in [1.165, 1.54) is 7.11 Å². The van der Waals surface area contributed by atoms with Crippen LogP contribution in [0.2, 0.25) is 0 Å². The van der Waals surface area contributed by atoms with E-state index in [2.05, 4.69) is 0 Å². The first kappa shape index (κ1) is 10.7. The van der Waals surface area contributed by atoms with Crippen LogP contribution >= 0.6 is 0 Å². The average molecular weight is 240 g/mol. The maximum absolute atomic E-state index is 12.3. The van der Waals surface area contributed by atoms with Crippen molar-refractivity contribution in [2.75, 3.05) is 18.6 Å². The summed E-state index contributed by atoms with van der Waals surface area (Å²) in [4.78, 5) is 12.3. The van der Waals surface area contributed by atoms with Crippen LogP contribution in [0, 0.1) is 0 Å². The normalized spacial score (nSPS) is 12.2. The topological polar surface area (TPSA) is 78.3 Å². The van der Waals surface area contributed by atoms with E-state index < -0.39 is 0 Å². The van der Waals surface area contributed by atoms with E-state index in [0.717, 1.165) is 11.1 Å². The Balaban J connectivity index is 2.30. The fourth-order valence-electron chi connectivity index (χ4n) is 2.31. The monoisotopic (exact) mass is 240 g/mol. The second-order valence-corrected chi connectivity index (χ2v) is 4.27. The Morgan fingerprint density at radius 3 is 2.39 bits per heavy atom. The van der Waals surface area contributed by atoms with E-state index in [4.69, 9.17) is 16.2 Å². The molecule has 0 heterocycles. The minimum Gasteiger partial charge on any atom is -0.495 e. The first-order valence-electron chi connectivity index (χ1n) is 5.54. The molecule has 90 valence electrons. The molecular weight excluding hydrogens is 228 g/mol. The number of anilines is 2. The van der Waals surface area contributed by atoms with Crippen LogP contribution in [-0.4, -0.2) is 12.9 Å². The molecule has 0 amide bonds. The number of hydrogen-bond donors (Lipinski definition) is 2. The van der Waals surface area contributed by atoms with Gasteiger partial charge in [-0.15, -0.1) is 0 Å². The van der Waals surface area contributed by atoms with E-state index in [1.54, 1.807) is 24.3 Å². The first-order chi connectivity index (χ1) is 8.61. The lowest BCUT2D eigenvalue weighted by atomic mass is 10.0. The lowest BCUT2D eigenvalue weighted by Crippen LogP contribution is -1.98. The Labute approximate surface area is 104 Å². The molecule has 3 rings (SSSR count). The van der Waals surface area contributed by atoms with Gasteiger partial charge in [0.2, 0.25) is 0 Å². The molecule has 4 nitrogen and oxygen atoms in total. The molecule has 4 heteroatoms. The highest BCUT2D eigenvalue weighted by atomic mass is 16.5. The van der Waals surface area contributed by atoms with Gasteiger partial charge in [0.05, 0.1) is 12.8 Å². The number of ether oxygens (including phenoxy) is 1. The quantitative estimate of drug-likeness (QED) is 0.638. The van der Waals surface area contributed by atoms with Crippen LogP contribution in [0.3, 0.4) is 0 Å². The van der Waals surface area contributed by atoms with E-state index in [1.807, 2.05) is 6.07 Å².